The molecule has 0 aliphatic rings. The predicted molar refractivity (Wildman–Crippen MR) is 97.2 cm³/mol. The van der Waals surface area contributed by atoms with Gasteiger partial charge in [0.25, 0.3) is 5.91 Å². The first-order valence-corrected chi connectivity index (χ1v) is 8.41. The molecule has 25 heavy (non-hydrogen) atoms. The zero-order valence-electron chi connectivity index (χ0n) is 12.9. The Morgan fingerprint density at radius 2 is 1.80 bits per heavy atom. The van der Waals surface area contributed by atoms with Gasteiger partial charge < -0.3 is 5.32 Å². The molecule has 4 nitrogen and oxygen atoms in total. The van der Waals surface area contributed by atoms with E-state index < -0.39 is 11.9 Å². The summed E-state index contributed by atoms with van der Waals surface area (Å²) in [5, 5.41) is 3.61. The average molecular weight is 349 g/mol. The van der Waals surface area contributed by atoms with E-state index in [1.807, 2.05) is 42.5 Å². The van der Waals surface area contributed by atoms with E-state index in [0.29, 0.717) is 5.69 Å². The third-order valence-corrected chi connectivity index (χ3v) is 4.69. The molecule has 4 rings (SSSR count). The van der Waals surface area contributed by atoms with E-state index in [1.54, 1.807) is 17.4 Å². The van der Waals surface area contributed by atoms with Gasteiger partial charge in [0.2, 0.25) is 5.95 Å². The second-order valence-electron chi connectivity index (χ2n) is 5.37. The second-order valence-corrected chi connectivity index (χ2v) is 6.40. The lowest BCUT2D eigenvalue weighted by atomic mass is 10.2. The van der Waals surface area contributed by atoms with Crippen LogP contribution in [0.4, 0.5) is 10.1 Å². The van der Waals surface area contributed by atoms with Crippen LogP contribution in [0.1, 0.15) is 10.5 Å². The number of nitrogens with zero attached hydrogens (tertiary/aromatic N) is 2. The van der Waals surface area contributed by atoms with E-state index in [1.165, 1.54) is 18.2 Å². The molecule has 0 bridgehead atoms. The van der Waals surface area contributed by atoms with Crippen molar-refractivity contribution in [1.29, 1.82) is 0 Å². The zero-order chi connectivity index (χ0) is 17.2. The van der Waals surface area contributed by atoms with E-state index in [9.17, 15) is 9.18 Å². The zero-order valence-corrected chi connectivity index (χ0v) is 13.8. The van der Waals surface area contributed by atoms with Gasteiger partial charge in [-0.1, -0.05) is 30.3 Å². The summed E-state index contributed by atoms with van der Waals surface area (Å²) in [6.07, 6.45) is 0. The summed E-state index contributed by atoms with van der Waals surface area (Å²) in [5.41, 5.74) is 2.49. The van der Waals surface area contributed by atoms with Gasteiger partial charge in [-0.15, -0.1) is 11.3 Å². The quantitative estimate of drug-likeness (QED) is 0.543. The number of aromatic nitrogens is 2. The lowest BCUT2D eigenvalue weighted by molar-refractivity contribution is 0.102. The summed E-state index contributed by atoms with van der Waals surface area (Å²) in [6, 6.07) is 19.4. The van der Waals surface area contributed by atoms with Crippen molar-refractivity contribution in [1.82, 2.24) is 9.97 Å². The Hall–Kier alpha value is -3.12. The van der Waals surface area contributed by atoms with Crippen molar-refractivity contribution in [3.63, 3.8) is 0 Å². The molecule has 0 radical (unpaired) electrons. The minimum Gasteiger partial charge on any atom is -0.321 e. The number of pyridine rings is 1. The normalized spacial score (nSPS) is 10.8. The van der Waals surface area contributed by atoms with Crippen molar-refractivity contribution in [3.8, 4) is 10.6 Å². The molecule has 0 fully saturated rings. The number of anilines is 1. The largest absolute Gasteiger partial charge is 0.321 e. The van der Waals surface area contributed by atoms with Crippen LogP contribution >= 0.6 is 11.3 Å². The molecule has 2 aromatic heterocycles. The molecule has 0 aliphatic carbocycles. The van der Waals surface area contributed by atoms with Crippen LogP contribution in [0.2, 0.25) is 0 Å². The highest BCUT2D eigenvalue weighted by atomic mass is 32.1. The van der Waals surface area contributed by atoms with Gasteiger partial charge in [-0.25, -0.2) is 9.97 Å². The molecule has 6 heteroatoms. The van der Waals surface area contributed by atoms with Gasteiger partial charge in [0.05, 0.1) is 10.2 Å². The van der Waals surface area contributed by atoms with Crippen molar-refractivity contribution in [2.24, 2.45) is 0 Å². The summed E-state index contributed by atoms with van der Waals surface area (Å²) in [6.45, 7) is 0. The van der Waals surface area contributed by atoms with Gasteiger partial charge in [0.15, 0.2) is 0 Å². The maximum Gasteiger partial charge on any atom is 0.274 e. The Balaban J connectivity index is 1.62. The molecule has 0 saturated heterocycles. The Bertz CT molecular complexity index is 1040. The molecule has 0 aliphatic heterocycles. The van der Waals surface area contributed by atoms with Crippen molar-refractivity contribution >= 4 is 33.1 Å². The van der Waals surface area contributed by atoms with Crippen LogP contribution in [0.5, 0.6) is 0 Å². The van der Waals surface area contributed by atoms with Crippen LogP contribution in [0, 0.1) is 5.95 Å². The molecule has 1 N–H and O–H groups in total. The van der Waals surface area contributed by atoms with E-state index in [0.717, 1.165) is 20.8 Å². The SMILES string of the molecule is O=C(Nc1cccc(-c2nc3ccccc3s2)c1)c1cccc(F)n1. The second kappa shape index (κ2) is 6.41. The topological polar surface area (TPSA) is 54.9 Å². The number of amides is 1. The first-order chi connectivity index (χ1) is 12.2. The monoisotopic (exact) mass is 349 g/mol. The van der Waals surface area contributed by atoms with Crippen LogP contribution in [0.25, 0.3) is 20.8 Å². The number of rotatable bonds is 3. The lowest BCUT2D eigenvalue weighted by Crippen LogP contribution is -2.14. The standard InChI is InChI=1S/C19H12FN3OS/c20-17-10-4-8-15(22-17)18(24)21-13-6-3-5-12(11-13)19-23-14-7-1-2-9-16(14)25-19/h1-11H,(H,21,24). The Labute approximate surface area is 147 Å². The fourth-order valence-corrected chi connectivity index (χ4v) is 3.42. The van der Waals surface area contributed by atoms with Crippen molar-refractivity contribution in [2.45, 2.75) is 0 Å². The maximum atomic E-state index is 13.2. The van der Waals surface area contributed by atoms with Gasteiger partial charge >= 0.3 is 0 Å². The number of hydrogen-bond donors (Lipinski definition) is 1. The third-order valence-electron chi connectivity index (χ3n) is 3.61. The average Bonchev–Trinajstić information content (AvgIpc) is 3.06. The molecule has 122 valence electrons. The molecule has 2 heterocycles. The van der Waals surface area contributed by atoms with E-state index >= 15 is 0 Å². The predicted octanol–water partition coefficient (Wildman–Crippen LogP) is 4.75. The Kier molecular flexibility index (Phi) is 3.95. The number of fused-ring (bicyclic) bond motifs is 1. The van der Waals surface area contributed by atoms with Crippen molar-refractivity contribution < 1.29 is 9.18 Å². The van der Waals surface area contributed by atoms with Gasteiger partial charge in [-0.05, 0) is 36.4 Å². The number of carbonyl (C=O) groups is 1. The third kappa shape index (κ3) is 3.25. The summed E-state index contributed by atoms with van der Waals surface area (Å²) < 4.78 is 14.3. The highest BCUT2D eigenvalue weighted by Crippen LogP contribution is 2.31. The first kappa shape index (κ1) is 15.4. The molecule has 0 unspecified atom stereocenters. The van der Waals surface area contributed by atoms with Gasteiger partial charge in [-0.2, -0.15) is 4.39 Å². The highest BCUT2D eigenvalue weighted by Gasteiger charge is 2.10. The number of carbonyl (C=O) groups excluding carboxylic acids is 1. The summed E-state index contributed by atoms with van der Waals surface area (Å²) >= 11 is 1.59. The van der Waals surface area contributed by atoms with Crippen molar-refractivity contribution in [2.75, 3.05) is 5.32 Å². The number of nitrogens with one attached hydrogen (secondary N) is 1. The van der Waals surface area contributed by atoms with E-state index in [4.69, 9.17) is 0 Å². The van der Waals surface area contributed by atoms with Crippen LogP contribution < -0.4 is 5.32 Å². The van der Waals surface area contributed by atoms with Gasteiger partial charge in [0.1, 0.15) is 10.7 Å². The molecule has 0 spiro atoms. The number of halogens is 1. The Morgan fingerprint density at radius 1 is 0.960 bits per heavy atom. The molecular weight excluding hydrogens is 337 g/mol. The van der Waals surface area contributed by atoms with E-state index in [2.05, 4.69) is 15.3 Å². The minimum absolute atomic E-state index is 0.0328. The molecule has 0 saturated carbocycles. The fourth-order valence-electron chi connectivity index (χ4n) is 2.46. The van der Waals surface area contributed by atoms with Crippen molar-refractivity contribution in [3.05, 3.63) is 78.4 Å². The molecule has 0 atom stereocenters. The summed E-state index contributed by atoms with van der Waals surface area (Å²) in [7, 11) is 0. The summed E-state index contributed by atoms with van der Waals surface area (Å²) in [4.78, 5) is 20.4. The molecule has 1 amide bonds. The Morgan fingerprint density at radius 3 is 2.64 bits per heavy atom. The number of hydrogen-bond acceptors (Lipinski definition) is 4. The molecule has 2 aromatic carbocycles. The summed E-state index contributed by atoms with van der Waals surface area (Å²) in [5.74, 6) is -1.14. The van der Waals surface area contributed by atoms with Crippen LogP contribution in [-0.2, 0) is 0 Å². The van der Waals surface area contributed by atoms with E-state index in [-0.39, 0.29) is 5.69 Å². The highest BCUT2D eigenvalue weighted by molar-refractivity contribution is 7.21. The first-order valence-electron chi connectivity index (χ1n) is 7.59. The smallest absolute Gasteiger partial charge is 0.274 e. The van der Waals surface area contributed by atoms with Crippen LogP contribution in [0.3, 0.4) is 0 Å². The van der Waals surface area contributed by atoms with Crippen LogP contribution in [-0.4, -0.2) is 15.9 Å². The van der Waals surface area contributed by atoms with Gasteiger partial charge in [0, 0.05) is 11.3 Å². The fraction of sp³-hybridized carbons (Fsp3) is 0. The lowest BCUT2D eigenvalue weighted by Gasteiger charge is -2.06. The van der Waals surface area contributed by atoms with Gasteiger partial charge in [-0.3, -0.25) is 4.79 Å². The molecular formula is C19H12FN3OS. The number of benzene rings is 2. The molecule has 4 aromatic rings. The minimum atomic E-state index is -0.684. The maximum absolute atomic E-state index is 13.2. The van der Waals surface area contributed by atoms with Crippen LogP contribution in [0.15, 0.2) is 66.7 Å². The number of para-hydroxylation sites is 1. The number of thiazole rings is 1.